The molecule has 1 aromatic rings. The Hall–Kier alpha value is -1.31. The van der Waals surface area contributed by atoms with Gasteiger partial charge >= 0.3 is 0 Å². The van der Waals surface area contributed by atoms with E-state index in [2.05, 4.69) is 16.0 Å². The second kappa shape index (κ2) is 4.91. The molecule has 1 aromatic heterocycles. The smallest absolute Gasteiger partial charge is 0.148 e. The molecule has 1 unspecified atom stereocenters. The van der Waals surface area contributed by atoms with E-state index in [0.717, 1.165) is 30.9 Å². The van der Waals surface area contributed by atoms with E-state index < -0.39 is 0 Å². The first-order valence-corrected chi connectivity index (χ1v) is 6.09. The molecule has 90 valence electrons. The van der Waals surface area contributed by atoms with Crippen molar-refractivity contribution < 1.29 is 0 Å². The molecule has 1 saturated heterocycles. The molecule has 2 rings (SSSR count). The quantitative estimate of drug-likeness (QED) is 0.870. The van der Waals surface area contributed by atoms with Crippen LogP contribution in [0.25, 0.3) is 0 Å². The predicted molar refractivity (Wildman–Crippen MR) is 68.1 cm³/mol. The first-order valence-electron chi connectivity index (χ1n) is 5.71. The van der Waals surface area contributed by atoms with Crippen LogP contribution < -0.4 is 10.6 Å². The summed E-state index contributed by atoms with van der Waals surface area (Å²) in [6.45, 7) is 3.36. The molecule has 0 bridgehead atoms. The number of nitriles is 1. The maximum atomic E-state index is 8.92. The molecule has 4 nitrogen and oxygen atoms in total. The minimum Gasteiger partial charge on any atom is -0.351 e. The fourth-order valence-electron chi connectivity index (χ4n) is 2.24. The van der Waals surface area contributed by atoms with Crippen molar-refractivity contribution in [3.63, 3.8) is 0 Å². The second-order valence-corrected chi connectivity index (χ2v) is 4.67. The molecule has 1 fully saturated rings. The summed E-state index contributed by atoms with van der Waals surface area (Å²) >= 11 is 6.19. The highest BCUT2D eigenvalue weighted by molar-refractivity contribution is 6.33. The highest BCUT2D eigenvalue weighted by Crippen LogP contribution is 2.31. The summed E-state index contributed by atoms with van der Waals surface area (Å²) < 4.78 is 0. The number of hydrogen-bond donors (Lipinski definition) is 1. The van der Waals surface area contributed by atoms with Gasteiger partial charge in [-0.05, 0) is 25.8 Å². The molecule has 0 amide bonds. The van der Waals surface area contributed by atoms with E-state index in [-0.39, 0.29) is 0 Å². The number of rotatable bonds is 2. The lowest BCUT2D eigenvalue weighted by atomic mass is 10.2. The summed E-state index contributed by atoms with van der Waals surface area (Å²) in [6, 6.07) is 4.09. The zero-order chi connectivity index (χ0) is 12.4. The fourth-order valence-corrected chi connectivity index (χ4v) is 2.50. The maximum absolute atomic E-state index is 8.92. The van der Waals surface area contributed by atoms with E-state index in [1.54, 1.807) is 6.07 Å². The number of nitrogens with two attached hydrogens (primary N) is 1. The van der Waals surface area contributed by atoms with Crippen molar-refractivity contribution in [1.29, 1.82) is 5.26 Å². The number of nitrogens with zero attached hydrogens (tertiary/aromatic N) is 3. The van der Waals surface area contributed by atoms with Gasteiger partial charge in [0.25, 0.3) is 0 Å². The Morgan fingerprint density at radius 2 is 2.47 bits per heavy atom. The molecule has 1 aliphatic heterocycles. The first-order chi connectivity index (χ1) is 8.17. The number of aryl methyl sites for hydroxylation is 1. The average molecular weight is 251 g/mol. The van der Waals surface area contributed by atoms with Crippen molar-refractivity contribution in [3.8, 4) is 6.07 Å². The van der Waals surface area contributed by atoms with Crippen molar-refractivity contribution in [2.75, 3.05) is 18.0 Å². The molecular weight excluding hydrogens is 236 g/mol. The van der Waals surface area contributed by atoms with Gasteiger partial charge in [0.1, 0.15) is 11.9 Å². The molecule has 0 aromatic carbocycles. The Balaban J connectivity index is 2.39. The third-order valence-corrected chi connectivity index (χ3v) is 3.47. The SMILES string of the molecule is Cc1nc(N2CCCC2CN)c(Cl)cc1C#N. The average Bonchev–Trinajstić information content (AvgIpc) is 2.79. The fraction of sp³-hybridized carbons (Fsp3) is 0.500. The Kier molecular flexibility index (Phi) is 3.51. The zero-order valence-corrected chi connectivity index (χ0v) is 10.5. The van der Waals surface area contributed by atoms with Crippen LogP contribution in [0, 0.1) is 18.3 Å². The number of halogens is 1. The largest absolute Gasteiger partial charge is 0.351 e. The third kappa shape index (κ3) is 2.21. The van der Waals surface area contributed by atoms with E-state index in [0.29, 0.717) is 23.2 Å². The Morgan fingerprint density at radius 3 is 3.12 bits per heavy atom. The van der Waals surface area contributed by atoms with Crippen LogP contribution >= 0.6 is 11.6 Å². The van der Waals surface area contributed by atoms with Gasteiger partial charge in [-0.3, -0.25) is 0 Å². The molecule has 0 saturated carbocycles. The van der Waals surface area contributed by atoms with Crippen LogP contribution in [-0.4, -0.2) is 24.1 Å². The van der Waals surface area contributed by atoms with Crippen LogP contribution in [0.3, 0.4) is 0 Å². The lowest BCUT2D eigenvalue weighted by Crippen LogP contribution is -2.36. The van der Waals surface area contributed by atoms with Crippen LogP contribution in [0.5, 0.6) is 0 Å². The van der Waals surface area contributed by atoms with Gasteiger partial charge in [-0.2, -0.15) is 5.26 Å². The molecular formula is C12H15ClN4. The lowest BCUT2D eigenvalue weighted by Gasteiger charge is -2.25. The molecule has 2 N–H and O–H groups in total. The first kappa shape index (κ1) is 12.2. The molecule has 5 heteroatoms. The van der Waals surface area contributed by atoms with Crippen molar-refractivity contribution >= 4 is 17.4 Å². The van der Waals surface area contributed by atoms with Gasteiger partial charge in [-0.15, -0.1) is 0 Å². The monoisotopic (exact) mass is 250 g/mol. The summed E-state index contributed by atoms with van der Waals surface area (Å²) in [5.41, 5.74) is 6.99. The minimum absolute atomic E-state index is 0.312. The topological polar surface area (TPSA) is 65.9 Å². The molecule has 0 radical (unpaired) electrons. The number of anilines is 1. The summed E-state index contributed by atoms with van der Waals surface area (Å²) in [7, 11) is 0. The molecule has 1 atom stereocenters. The maximum Gasteiger partial charge on any atom is 0.148 e. The number of hydrogen-bond acceptors (Lipinski definition) is 4. The van der Waals surface area contributed by atoms with Gasteiger partial charge in [0.05, 0.1) is 16.3 Å². The van der Waals surface area contributed by atoms with E-state index >= 15 is 0 Å². The van der Waals surface area contributed by atoms with E-state index in [1.165, 1.54) is 0 Å². The van der Waals surface area contributed by atoms with Gasteiger partial charge in [0.15, 0.2) is 0 Å². The van der Waals surface area contributed by atoms with Crippen molar-refractivity contribution in [2.45, 2.75) is 25.8 Å². The Bertz CT molecular complexity index is 466. The summed E-state index contributed by atoms with van der Waals surface area (Å²) in [6.07, 6.45) is 2.19. The molecule has 1 aliphatic rings. The zero-order valence-electron chi connectivity index (χ0n) is 9.78. The van der Waals surface area contributed by atoms with E-state index in [1.807, 2.05) is 6.92 Å². The van der Waals surface area contributed by atoms with Crippen LogP contribution in [0.15, 0.2) is 6.07 Å². The third-order valence-electron chi connectivity index (χ3n) is 3.19. The molecule has 17 heavy (non-hydrogen) atoms. The van der Waals surface area contributed by atoms with Crippen LogP contribution in [0.1, 0.15) is 24.1 Å². The molecule has 2 heterocycles. The van der Waals surface area contributed by atoms with Crippen LogP contribution in [-0.2, 0) is 0 Å². The van der Waals surface area contributed by atoms with Crippen LogP contribution in [0.2, 0.25) is 5.02 Å². The summed E-state index contributed by atoms with van der Waals surface area (Å²) in [5, 5.41) is 9.45. The van der Waals surface area contributed by atoms with Gasteiger partial charge in [-0.1, -0.05) is 11.6 Å². The molecule has 0 aliphatic carbocycles. The summed E-state index contributed by atoms with van der Waals surface area (Å²) in [4.78, 5) is 6.59. The van der Waals surface area contributed by atoms with Crippen LogP contribution in [0.4, 0.5) is 5.82 Å². The van der Waals surface area contributed by atoms with Crippen molar-refractivity contribution in [1.82, 2.24) is 4.98 Å². The lowest BCUT2D eigenvalue weighted by molar-refractivity contribution is 0.671. The van der Waals surface area contributed by atoms with Gasteiger partial charge in [0.2, 0.25) is 0 Å². The van der Waals surface area contributed by atoms with Gasteiger partial charge < -0.3 is 10.6 Å². The van der Waals surface area contributed by atoms with Crippen molar-refractivity contribution in [2.24, 2.45) is 5.73 Å². The van der Waals surface area contributed by atoms with E-state index in [4.69, 9.17) is 22.6 Å². The molecule has 0 spiro atoms. The summed E-state index contributed by atoms with van der Waals surface area (Å²) in [5.74, 6) is 0.760. The Morgan fingerprint density at radius 1 is 1.71 bits per heavy atom. The van der Waals surface area contributed by atoms with Crippen molar-refractivity contribution in [3.05, 3.63) is 22.3 Å². The standard InChI is InChI=1S/C12H15ClN4/c1-8-9(6-14)5-11(13)12(16-8)17-4-2-3-10(17)7-15/h5,10H,2-4,7,15H2,1H3. The van der Waals surface area contributed by atoms with Gasteiger partial charge in [0, 0.05) is 19.1 Å². The minimum atomic E-state index is 0.312. The Labute approximate surface area is 106 Å². The highest BCUT2D eigenvalue weighted by Gasteiger charge is 2.26. The second-order valence-electron chi connectivity index (χ2n) is 4.26. The van der Waals surface area contributed by atoms with Gasteiger partial charge in [-0.25, -0.2) is 4.98 Å². The highest BCUT2D eigenvalue weighted by atomic mass is 35.5. The van der Waals surface area contributed by atoms with E-state index in [9.17, 15) is 0 Å². The normalized spacial score (nSPS) is 19.4. The number of pyridine rings is 1. The number of aromatic nitrogens is 1. The predicted octanol–water partition coefficient (Wildman–Crippen LogP) is 1.84.